The van der Waals surface area contributed by atoms with Crippen LogP contribution >= 0.6 is 0 Å². The molecule has 0 atom stereocenters. The number of carbonyl (C=O) groups excluding carboxylic acids is 1. The van der Waals surface area contributed by atoms with Crippen LogP contribution in [0.1, 0.15) is 39.7 Å². The van der Waals surface area contributed by atoms with E-state index in [0.717, 1.165) is 24.2 Å². The van der Waals surface area contributed by atoms with Gasteiger partial charge in [0.2, 0.25) is 0 Å². The molecular weight excluding hydrogens is 421 g/mol. The third-order valence-corrected chi connectivity index (χ3v) is 4.92. The maximum absolute atomic E-state index is 12.8. The highest BCUT2D eigenvalue weighted by molar-refractivity contribution is 5.93. The van der Waals surface area contributed by atoms with Gasteiger partial charge in [-0.2, -0.15) is 13.2 Å². The summed E-state index contributed by atoms with van der Waals surface area (Å²) < 4.78 is 38.5. The van der Waals surface area contributed by atoms with E-state index in [1.54, 1.807) is 18.5 Å². The van der Waals surface area contributed by atoms with Crippen molar-refractivity contribution < 1.29 is 18.0 Å². The number of nitrogens with one attached hydrogen (secondary N) is 2. The van der Waals surface area contributed by atoms with E-state index < -0.39 is 23.2 Å². The molecule has 0 bridgehead atoms. The number of rotatable bonds is 8. The second-order valence-corrected chi connectivity index (χ2v) is 7.27. The molecule has 3 rings (SSSR count). The summed E-state index contributed by atoms with van der Waals surface area (Å²) in [5.74, 6) is -0.653. The van der Waals surface area contributed by atoms with Crippen molar-refractivity contribution in [3.8, 4) is 0 Å². The fraction of sp³-hybridized carbons (Fsp3) is 0.261. The molecule has 9 heteroatoms. The number of pyridine rings is 2. The number of benzene rings is 1. The summed E-state index contributed by atoms with van der Waals surface area (Å²) >= 11 is 0. The zero-order valence-corrected chi connectivity index (χ0v) is 17.4. The highest BCUT2D eigenvalue weighted by Gasteiger charge is 2.30. The average molecular weight is 444 g/mol. The van der Waals surface area contributed by atoms with Crippen LogP contribution in [0.3, 0.4) is 0 Å². The van der Waals surface area contributed by atoms with Crippen LogP contribution in [0.2, 0.25) is 0 Å². The first-order chi connectivity index (χ1) is 15.3. The predicted octanol–water partition coefficient (Wildman–Crippen LogP) is 3.74. The van der Waals surface area contributed by atoms with Crippen LogP contribution in [0.25, 0.3) is 0 Å². The molecule has 0 aliphatic heterocycles. The maximum atomic E-state index is 12.8. The summed E-state index contributed by atoms with van der Waals surface area (Å²) in [6, 6.07) is 11.6. The summed E-state index contributed by atoms with van der Waals surface area (Å²) in [5.41, 5.74) is 0.589. The Morgan fingerprint density at radius 3 is 2.47 bits per heavy atom. The van der Waals surface area contributed by atoms with Gasteiger partial charge in [0, 0.05) is 37.7 Å². The number of halogens is 3. The summed E-state index contributed by atoms with van der Waals surface area (Å²) in [4.78, 5) is 33.6. The first kappa shape index (κ1) is 23.2. The molecule has 0 radical (unpaired) electrons. The van der Waals surface area contributed by atoms with Crippen LogP contribution in [0.15, 0.2) is 65.7 Å². The van der Waals surface area contributed by atoms with E-state index in [-0.39, 0.29) is 17.7 Å². The Hall–Kier alpha value is -3.46. The molecular formula is C23H23F3N4O2. The molecule has 0 spiro atoms. The number of nitrogens with zero attached hydrogens (tertiary/aromatic N) is 2. The van der Waals surface area contributed by atoms with Crippen molar-refractivity contribution in [2.24, 2.45) is 0 Å². The molecule has 32 heavy (non-hydrogen) atoms. The van der Waals surface area contributed by atoms with Gasteiger partial charge in [0.1, 0.15) is 5.56 Å². The molecule has 0 fully saturated rings. The molecule has 2 heterocycles. The molecule has 6 nitrogen and oxygen atoms in total. The van der Waals surface area contributed by atoms with Gasteiger partial charge in [0.25, 0.3) is 11.5 Å². The number of hydrogen-bond acceptors (Lipinski definition) is 4. The van der Waals surface area contributed by atoms with Gasteiger partial charge in [-0.25, -0.2) is 0 Å². The van der Waals surface area contributed by atoms with Gasteiger partial charge < -0.3 is 10.3 Å². The van der Waals surface area contributed by atoms with Gasteiger partial charge in [0.05, 0.1) is 5.56 Å². The van der Waals surface area contributed by atoms with Gasteiger partial charge in [-0.15, -0.1) is 0 Å². The lowest BCUT2D eigenvalue weighted by atomic mass is 10.1. The SMILES string of the molecule is CCN(Cc1ccncc1)Cc1ccc(C(=O)NCc2cccc(C(F)(F)F)c2)c(=O)[nH]1. The lowest BCUT2D eigenvalue weighted by molar-refractivity contribution is -0.137. The highest BCUT2D eigenvalue weighted by Crippen LogP contribution is 2.29. The van der Waals surface area contributed by atoms with Crippen LogP contribution in [0.5, 0.6) is 0 Å². The minimum absolute atomic E-state index is 0.0992. The number of amides is 1. The summed E-state index contributed by atoms with van der Waals surface area (Å²) in [7, 11) is 0. The van der Waals surface area contributed by atoms with E-state index in [0.29, 0.717) is 18.8 Å². The molecule has 168 valence electrons. The van der Waals surface area contributed by atoms with E-state index in [2.05, 4.69) is 20.2 Å². The Kier molecular flexibility index (Phi) is 7.42. The number of aromatic nitrogens is 2. The third kappa shape index (κ3) is 6.27. The van der Waals surface area contributed by atoms with Crippen LogP contribution in [-0.2, 0) is 25.8 Å². The van der Waals surface area contributed by atoms with E-state index in [1.807, 2.05) is 19.1 Å². The Morgan fingerprint density at radius 2 is 1.81 bits per heavy atom. The molecule has 3 aromatic rings. The van der Waals surface area contributed by atoms with Crippen LogP contribution < -0.4 is 10.9 Å². The van der Waals surface area contributed by atoms with Gasteiger partial charge in [-0.1, -0.05) is 19.1 Å². The number of alkyl halides is 3. The van der Waals surface area contributed by atoms with E-state index in [4.69, 9.17) is 0 Å². The van der Waals surface area contributed by atoms with Gasteiger partial charge in [-0.3, -0.25) is 19.5 Å². The van der Waals surface area contributed by atoms with Crippen LogP contribution in [0, 0.1) is 0 Å². The molecule has 0 saturated heterocycles. The first-order valence-electron chi connectivity index (χ1n) is 10.0. The zero-order valence-electron chi connectivity index (χ0n) is 17.4. The Labute approximate surface area is 183 Å². The lowest BCUT2D eigenvalue weighted by Crippen LogP contribution is -2.30. The monoisotopic (exact) mass is 444 g/mol. The summed E-state index contributed by atoms with van der Waals surface area (Å²) in [5, 5.41) is 2.50. The topological polar surface area (TPSA) is 78.1 Å². The van der Waals surface area contributed by atoms with Gasteiger partial charge in [0.15, 0.2) is 0 Å². The Balaban J connectivity index is 1.63. The average Bonchev–Trinajstić information content (AvgIpc) is 2.77. The van der Waals surface area contributed by atoms with Gasteiger partial charge in [-0.05, 0) is 54.1 Å². The molecule has 1 amide bonds. The van der Waals surface area contributed by atoms with Crippen molar-refractivity contribution in [1.29, 1.82) is 0 Å². The summed E-state index contributed by atoms with van der Waals surface area (Å²) in [6.07, 6.45) is -1.02. The number of H-pyrrole nitrogens is 1. The molecule has 0 saturated carbocycles. The van der Waals surface area contributed by atoms with Crippen LogP contribution in [0.4, 0.5) is 13.2 Å². The number of hydrogen-bond donors (Lipinski definition) is 2. The van der Waals surface area contributed by atoms with Gasteiger partial charge >= 0.3 is 6.18 Å². The summed E-state index contributed by atoms with van der Waals surface area (Å²) in [6.45, 7) is 3.80. The van der Waals surface area contributed by atoms with Crippen molar-refractivity contribution in [3.05, 3.63) is 99.2 Å². The van der Waals surface area contributed by atoms with Crippen molar-refractivity contribution >= 4 is 5.91 Å². The Bertz CT molecular complexity index is 1110. The lowest BCUT2D eigenvalue weighted by Gasteiger charge is -2.20. The second kappa shape index (κ2) is 10.2. The standard InChI is InChI=1S/C23H23F3N4O2/c1-2-30(14-16-8-10-27-11-9-16)15-19-6-7-20(22(32)29-19)21(31)28-13-17-4-3-5-18(12-17)23(24,25)26/h3-12H,2,13-15H2,1H3,(H,28,31)(H,29,32). The van der Waals surface area contributed by atoms with E-state index in [1.165, 1.54) is 18.2 Å². The number of carbonyl (C=O) groups is 1. The fourth-order valence-electron chi connectivity index (χ4n) is 3.19. The Morgan fingerprint density at radius 1 is 1.06 bits per heavy atom. The smallest absolute Gasteiger partial charge is 0.348 e. The minimum atomic E-state index is -4.46. The first-order valence-corrected chi connectivity index (χ1v) is 10.0. The highest BCUT2D eigenvalue weighted by atomic mass is 19.4. The largest absolute Gasteiger partial charge is 0.416 e. The maximum Gasteiger partial charge on any atom is 0.416 e. The van der Waals surface area contributed by atoms with Crippen LogP contribution in [-0.4, -0.2) is 27.3 Å². The predicted molar refractivity (Wildman–Crippen MR) is 114 cm³/mol. The van der Waals surface area contributed by atoms with E-state index >= 15 is 0 Å². The normalized spacial score (nSPS) is 11.5. The zero-order chi connectivity index (χ0) is 23.1. The van der Waals surface area contributed by atoms with E-state index in [9.17, 15) is 22.8 Å². The second-order valence-electron chi connectivity index (χ2n) is 7.27. The van der Waals surface area contributed by atoms with Crippen molar-refractivity contribution in [3.63, 3.8) is 0 Å². The van der Waals surface area contributed by atoms with Crippen molar-refractivity contribution in [2.45, 2.75) is 32.7 Å². The molecule has 0 unspecified atom stereocenters. The molecule has 2 N–H and O–H groups in total. The quantitative estimate of drug-likeness (QED) is 0.555. The molecule has 2 aromatic heterocycles. The van der Waals surface area contributed by atoms with Crippen molar-refractivity contribution in [1.82, 2.24) is 20.2 Å². The fourth-order valence-corrected chi connectivity index (χ4v) is 3.19. The minimum Gasteiger partial charge on any atom is -0.348 e. The van der Waals surface area contributed by atoms with Crippen molar-refractivity contribution in [2.75, 3.05) is 6.54 Å². The molecule has 0 aliphatic carbocycles. The molecule has 0 aliphatic rings. The third-order valence-electron chi connectivity index (χ3n) is 4.92. The number of aromatic amines is 1. The molecule has 1 aromatic carbocycles.